The fourth-order valence-electron chi connectivity index (χ4n) is 1.91. The Bertz CT molecular complexity index is 291. The summed E-state index contributed by atoms with van der Waals surface area (Å²) < 4.78 is 15.7. The number of hydrogen-bond acceptors (Lipinski definition) is 2. The fraction of sp³-hybridized carbons (Fsp3) is 0.700. The van der Waals surface area contributed by atoms with Crippen molar-refractivity contribution in [3.63, 3.8) is 0 Å². The Kier molecular flexibility index (Phi) is 2.82. The molecule has 1 aromatic rings. The van der Waals surface area contributed by atoms with Crippen LogP contribution in [-0.2, 0) is 7.05 Å². The maximum absolute atomic E-state index is 13.9. The van der Waals surface area contributed by atoms with Crippen LogP contribution in [0.5, 0.6) is 0 Å². The standard InChI is InChI=1S/C10H16FN3/c1-14-6-9(13-7-14)10(11)8-4-2-3-5-12-8/h6-8,10,12H,2-5H2,1H3. The van der Waals surface area contributed by atoms with E-state index in [1.54, 1.807) is 17.1 Å². The van der Waals surface area contributed by atoms with Gasteiger partial charge in [-0.15, -0.1) is 0 Å². The van der Waals surface area contributed by atoms with E-state index < -0.39 is 6.17 Å². The predicted molar refractivity (Wildman–Crippen MR) is 52.7 cm³/mol. The highest BCUT2D eigenvalue weighted by atomic mass is 19.1. The molecule has 0 aromatic carbocycles. The van der Waals surface area contributed by atoms with Crippen LogP contribution >= 0.6 is 0 Å². The van der Waals surface area contributed by atoms with Gasteiger partial charge in [0.1, 0.15) is 0 Å². The summed E-state index contributed by atoms with van der Waals surface area (Å²) in [6.45, 7) is 0.928. The lowest BCUT2D eigenvalue weighted by Crippen LogP contribution is -2.37. The second-order valence-corrected chi connectivity index (χ2v) is 3.92. The average Bonchev–Trinajstić information content (AvgIpc) is 2.65. The number of nitrogens with zero attached hydrogens (tertiary/aromatic N) is 2. The lowest BCUT2D eigenvalue weighted by atomic mass is 9.99. The molecule has 1 aromatic heterocycles. The lowest BCUT2D eigenvalue weighted by molar-refractivity contribution is 0.217. The van der Waals surface area contributed by atoms with Crippen molar-refractivity contribution >= 4 is 0 Å². The number of aromatic nitrogens is 2. The van der Waals surface area contributed by atoms with Gasteiger partial charge in [0.2, 0.25) is 0 Å². The molecule has 0 amide bonds. The normalized spacial score (nSPS) is 24.9. The number of alkyl halides is 1. The van der Waals surface area contributed by atoms with Crippen LogP contribution in [-0.4, -0.2) is 22.1 Å². The van der Waals surface area contributed by atoms with Gasteiger partial charge >= 0.3 is 0 Å². The van der Waals surface area contributed by atoms with E-state index in [2.05, 4.69) is 10.3 Å². The molecule has 3 nitrogen and oxygen atoms in total. The molecule has 0 radical (unpaired) electrons. The number of aryl methyl sites for hydroxylation is 1. The lowest BCUT2D eigenvalue weighted by Gasteiger charge is -2.25. The van der Waals surface area contributed by atoms with Gasteiger partial charge in [-0.05, 0) is 19.4 Å². The largest absolute Gasteiger partial charge is 0.340 e. The minimum atomic E-state index is -0.962. The molecule has 14 heavy (non-hydrogen) atoms. The SMILES string of the molecule is Cn1cnc(C(F)C2CCCCN2)c1. The van der Waals surface area contributed by atoms with Gasteiger partial charge in [-0.3, -0.25) is 0 Å². The van der Waals surface area contributed by atoms with Crippen molar-refractivity contribution in [2.45, 2.75) is 31.5 Å². The maximum Gasteiger partial charge on any atom is 0.159 e. The Hall–Kier alpha value is -0.900. The first-order valence-corrected chi connectivity index (χ1v) is 5.12. The van der Waals surface area contributed by atoms with Gasteiger partial charge in [-0.25, -0.2) is 9.37 Å². The highest BCUT2D eigenvalue weighted by Crippen LogP contribution is 2.24. The third-order valence-corrected chi connectivity index (χ3v) is 2.71. The highest BCUT2D eigenvalue weighted by molar-refractivity contribution is 5.04. The van der Waals surface area contributed by atoms with E-state index in [0.29, 0.717) is 5.69 Å². The van der Waals surface area contributed by atoms with Gasteiger partial charge in [0.25, 0.3) is 0 Å². The molecule has 1 saturated heterocycles. The van der Waals surface area contributed by atoms with E-state index in [9.17, 15) is 4.39 Å². The second-order valence-electron chi connectivity index (χ2n) is 3.92. The van der Waals surface area contributed by atoms with Gasteiger partial charge in [0.05, 0.1) is 12.0 Å². The third-order valence-electron chi connectivity index (χ3n) is 2.71. The van der Waals surface area contributed by atoms with Crippen molar-refractivity contribution in [3.05, 3.63) is 18.2 Å². The molecule has 1 fully saturated rings. The molecule has 2 heterocycles. The van der Waals surface area contributed by atoms with E-state index in [-0.39, 0.29) is 6.04 Å². The van der Waals surface area contributed by atoms with Crippen LogP contribution in [0, 0.1) is 0 Å². The van der Waals surface area contributed by atoms with Gasteiger partial charge in [0, 0.05) is 19.3 Å². The molecule has 1 aliphatic rings. The Balaban J connectivity index is 2.03. The van der Waals surface area contributed by atoms with Crippen LogP contribution in [0.25, 0.3) is 0 Å². The predicted octanol–water partition coefficient (Wildman–Crippen LogP) is 1.57. The van der Waals surface area contributed by atoms with Crippen LogP contribution in [0.4, 0.5) is 4.39 Å². The molecule has 0 saturated carbocycles. The highest BCUT2D eigenvalue weighted by Gasteiger charge is 2.25. The van der Waals surface area contributed by atoms with Crippen molar-refractivity contribution in [1.82, 2.24) is 14.9 Å². The molecule has 1 aliphatic heterocycles. The third kappa shape index (κ3) is 1.95. The molecule has 0 spiro atoms. The van der Waals surface area contributed by atoms with Gasteiger partial charge in [-0.1, -0.05) is 6.42 Å². The fourth-order valence-corrected chi connectivity index (χ4v) is 1.91. The minimum absolute atomic E-state index is 0.0429. The molecule has 78 valence electrons. The molecule has 0 aliphatic carbocycles. The smallest absolute Gasteiger partial charge is 0.159 e. The van der Waals surface area contributed by atoms with Crippen molar-refractivity contribution in [2.24, 2.45) is 7.05 Å². The quantitative estimate of drug-likeness (QED) is 0.780. The van der Waals surface area contributed by atoms with Gasteiger partial charge in [-0.2, -0.15) is 0 Å². The Morgan fingerprint density at radius 3 is 3.07 bits per heavy atom. The number of imidazole rings is 1. The van der Waals surface area contributed by atoms with Crippen LogP contribution in [0.15, 0.2) is 12.5 Å². The number of piperidine rings is 1. The number of hydrogen-bond donors (Lipinski definition) is 1. The molecular formula is C10H16FN3. The number of halogens is 1. The maximum atomic E-state index is 13.9. The molecule has 2 rings (SSSR count). The molecule has 4 heteroatoms. The zero-order chi connectivity index (χ0) is 9.97. The molecule has 2 atom stereocenters. The van der Waals surface area contributed by atoms with Crippen LogP contribution < -0.4 is 5.32 Å². The minimum Gasteiger partial charge on any atom is -0.340 e. The number of rotatable bonds is 2. The summed E-state index contributed by atoms with van der Waals surface area (Å²) in [6, 6.07) is -0.0429. The molecule has 0 bridgehead atoms. The molecule has 1 N–H and O–H groups in total. The van der Waals surface area contributed by atoms with Crippen molar-refractivity contribution in [3.8, 4) is 0 Å². The molecular weight excluding hydrogens is 181 g/mol. The van der Waals surface area contributed by atoms with E-state index in [1.807, 2.05) is 7.05 Å². The summed E-state index contributed by atoms with van der Waals surface area (Å²) in [7, 11) is 1.86. The summed E-state index contributed by atoms with van der Waals surface area (Å²) in [5.41, 5.74) is 0.548. The summed E-state index contributed by atoms with van der Waals surface area (Å²) in [5.74, 6) is 0. The van der Waals surface area contributed by atoms with E-state index in [4.69, 9.17) is 0 Å². The first-order valence-electron chi connectivity index (χ1n) is 5.12. The zero-order valence-corrected chi connectivity index (χ0v) is 8.41. The first-order chi connectivity index (χ1) is 6.77. The van der Waals surface area contributed by atoms with Gasteiger partial charge in [0.15, 0.2) is 6.17 Å². The van der Waals surface area contributed by atoms with Gasteiger partial charge < -0.3 is 9.88 Å². The second kappa shape index (κ2) is 4.09. The van der Waals surface area contributed by atoms with E-state index in [1.165, 1.54) is 0 Å². The van der Waals surface area contributed by atoms with Crippen molar-refractivity contribution < 1.29 is 4.39 Å². The Morgan fingerprint density at radius 1 is 1.64 bits per heavy atom. The molecule has 2 unspecified atom stereocenters. The summed E-state index contributed by atoms with van der Waals surface area (Å²) in [4.78, 5) is 4.04. The zero-order valence-electron chi connectivity index (χ0n) is 8.41. The monoisotopic (exact) mass is 197 g/mol. The van der Waals surface area contributed by atoms with Crippen molar-refractivity contribution in [1.29, 1.82) is 0 Å². The topological polar surface area (TPSA) is 29.9 Å². The first kappa shape index (κ1) is 9.65. The number of nitrogens with one attached hydrogen (secondary N) is 1. The Labute approximate surface area is 83.3 Å². The summed E-state index contributed by atoms with van der Waals surface area (Å²) in [6.07, 6.45) is 5.62. The van der Waals surface area contributed by atoms with Crippen LogP contribution in [0.1, 0.15) is 31.1 Å². The van der Waals surface area contributed by atoms with E-state index in [0.717, 1.165) is 25.8 Å². The van der Waals surface area contributed by atoms with Crippen LogP contribution in [0.2, 0.25) is 0 Å². The Morgan fingerprint density at radius 2 is 2.50 bits per heavy atom. The average molecular weight is 197 g/mol. The van der Waals surface area contributed by atoms with Crippen LogP contribution in [0.3, 0.4) is 0 Å². The van der Waals surface area contributed by atoms with Crippen molar-refractivity contribution in [2.75, 3.05) is 6.54 Å². The summed E-state index contributed by atoms with van der Waals surface area (Å²) in [5, 5.41) is 3.20. The van der Waals surface area contributed by atoms with E-state index >= 15 is 0 Å². The summed E-state index contributed by atoms with van der Waals surface area (Å²) >= 11 is 0.